The smallest absolute Gasteiger partial charge is 0.119 e. The molecule has 0 spiro atoms. The lowest BCUT2D eigenvalue weighted by Gasteiger charge is -2.13. The van der Waals surface area contributed by atoms with Gasteiger partial charge in [0.15, 0.2) is 0 Å². The Bertz CT molecular complexity index is 603. The Hall–Kier alpha value is -2.00. The van der Waals surface area contributed by atoms with Crippen molar-refractivity contribution in [3.05, 3.63) is 48.0 Å². The Labute approximate surface area is 125 Å². The van der Waals surface area contributed by atoms with E-state index < -0.39 is 0 Å². The molecule has 3 rings (SSSR count). The molecule has 0 aromatic heterocycles. The Morgan fingerprint density at radius 1 is 0.952 bits per heavy atom. The van der Waals surface area contributed by atoms with Crippen LogP contribution in [0.25, 0.3) is 11.1 Å². The normalized spacial score (nSPS) is 14.0. The fraction of sp³-hybridized carbons (Fsp3) is 0.333. The molecule has 0 radical (unpaired) electrons. The maximum absolute atomic E-state index is 5.36. The zero-order valence-corrected chi connectivity index (χ0v) is 12.6. The first-order valence-electron chi connectivity index (χ1n) is 7.35. The summed E-state index contributed by atoms with van der Waals surface area (Å²) < 4.78 is 10.6. The molecule has 3 nitrogen and oxygen atoms in total. The van der Waals surface area contributed by atoms with Gasteiger partial charge in [0.2, 0.25) is 0 Å². The first-order valence-corrected chi connectivity index (χ1v) is 7.35. The zero-order chi connectivity index (χ0) is 14.7. The van der Waals surface area contributed by atoms with Crippen molar-refractivity contribution in [3.8, 4) is 22.6 Å². The van der Waals surface area contributed by atoms with Gasteiger partial charge in [0, 0.05) is 12.6 Å². The van der Waals surface area contributed by atoms with Gasteiger partial charge in [-0.05, 0) is 53.8 Å². The van der Waals surface area contributed by atoms with Crippen LogP contribution in [-0.4, -0.2) is 20.3 Å². The van der Waals surface area contributed by atoms with Gasteiger partial charge in [0.25, 0.3) is 0 Å². The third kappa shape index (κ3) is 3.37. The van der Waals surface area contributed by atoms with Crippen LogP contribution in [0.5, 0.6) is 11.5 Å². The minimum Gasteiger partial charge on any atom is -0.497 e. The van der Waals surface area contributed by atoms with Crippen molar-refractivity contribution in [1.82, 2.24) is 5.32 Å². The largest absolute Gasteiger partial charge is 0.497 e. The number of methoxy groups -OCH3 is 2. The molecule has 21 heavy (non-hydrogen) atoms. The molecule has 0 heterocycles. The van der Waals surface area contributed by atoms with E-state index >= 15 is 0 Å². The minimum absolute atomic E-state index is 0.694. The van der Waals surface area contributed by atoms with Crippen LogP contribution in [0, 0.1) is 0 Å². The number of hydrogen-bond donors (Lipinski definition) is 1. The quantitative estimate of drug-likeness (QED) is 0.878. The summed E-state index contributed by atoms with van der Waals surface area (Å²) in [7, 11) is 3.40. The molecule has 0 bridgehead atoms. The highest BCUT2D eigenvalue weighted by atomic mass is 16.5. The van der Waals surface area contributed by atoms with Crippen molar-refractivity contribution in [2.75, 3.05) is 14.2 Å². The highest BCUT2D eigenvalue weighted by Gasteiger charge is 2.20. The highest BCUT2D eigenvalue weighted by molar-refractivity contribution is 5.69. The Balaban J connectivity index is 1.90. The van der Waals surface area contributed by atoms with E-state index in [1.54, 1.807) is 14.2 Å². The van der Waals surface area contributed by atoms with E-state index in [2.05, 4.69) is 29.6 Å². The van der Waals surface area contributed by atoms with Crippen LogP contribution >= 0.6 is 0 Å². The summed E-state index contributed by atoms with van der Waals surface area (Å²) in [4.78, 5) is 0. The third-order valence-corrected chi connectivity index (χ3v) is 3.87. The van der Waals surface area contributed by atoms with E-state index in [0.29, 0.717) is 6.04 Å². The second kappa shape index (κ2) is 6.19. The number of rotatable bonds is 6. The maximum Gasteiger partial charge on any atom is 0.119 e. The standard InChI is InChI=1S/C18H21NO2/c1-20-16-7-3-13(4-8-16)18-10-9-17(21-2)11-14(18)12-19-15-5-6-15/h3-4,7-11,15,19H,5-6,12H2,1-2H3. The molecule has 110 valence electrons. The topological polar surface area (TPSA) is 30.5 Å². The van der Waals surface area contributed by atoms with Gasteiger partial charge >= 0.3 is 0 Å². The first-order chi connectivity index (χ1) is 10.3. The average Bonchev–Trinajstić information content (AvgIpc) is 3.37. The summed E-state index contributed by atoms with van der Waals surface area (Å²) in [6.45, 7) is 0.878. The van der Waals surface area contributed by atoms with Gasteiger partial charge in [-0.2, -0.15) is 0 Å². The number of ether oxygens (including phenoxy) is 2. The van der Waals surface area contributed by atoms with Gasteiger partial charge in [0.05, 0.1) is 14.2 Å². The summed E-state index contributed by atoms with van der Waals surface area (Å²) in [6, 6.07) is 15.2. The molecule has 1 aliphatic carbocycles. The van der Waals surface area contributed by atoms with Crippen LogP contribution in [0.1, 0.15) is 18.4 Å². The molecule has 0 amide bonds. The van der Waals surface area contributed by atoms with Crippen LogP contribution in [0.4, 0.5) is 0 Å². The van der Waals surface area contributed by atoms with Crippen LogP contribution in [0.3, 0.4) is 0 Å². The van der Waals surface area contributed by atoms with E-state index in [1.165, 1.54) is 29.5 Å². The summed E-state index contributed by atoms with van der Waals surface area (Å²) in [6.07, 6.45) is 2.59. The first kappa shape index (κ1) is 14.0. The lowest BCUT2D eigenvalue weighted by Crippen LogP contribution is -2.16. The predicted octanol–water partition coefficient (Wildman–Crippen LogP) is 3.62. The molecular formula is C18H21NO2. The molecule has 1 aliphatic rings. The van der Waals surface area contributed by atoms with Crippen molar-refractivity contribution in [2.24, 2.45) is 0 Å². The summed E-state index contributed by atoms with van der Waals surface area (Å²) in [5, 5.41) is 3.58. The van der Waals surface area contributed by atoms with Gasteiger partial charge in [0.1, 0.15) is 11.5 Å². The minimum atomic E-state index is 0.694. The van der Waals surface area contributed by atoms with E-state index in [9.17, 15) is 0 Å². The molecule has 1 fully saturated rings. The highest BCUT2D eigenvalue weighted by Crippen LogP contribution is 2.29. The number of hydrogen-bond acceptors (Lipinski definition) is 3. The van der Waals surface area contributed by atoms with Crippen LogP contribution in [0.2, 0.25) is 0 Å². The molecule has 2 aromatic rings. The average molecular weight is 283 g/mol. The van der Waals surface area contributed by atoms with Gasteiger partial charge < -0.3 is 14.8 Å². The van der Waals surface area contributed by atoms with Crippen LogP contribution in [-0.2, 0) is 6.54 Å². The van der Waals surface area contributed by atoms with Gasteiger partial charge in [-0.3, -0.25) is 0 Å². The Morgan fingerprint density at radius 2 is 1.62 bits per heavy atom. The summed E-state index contributed by atoms with van der Waals surface area (Å²) in [5.41, 5.74) is 3.71. The number of benzene rings is 2. The fourth-order valence-corrected chi connectivity index (χ4v) is 2.44. The van der Waals surface area contributed by atoms with E-state index in [0.717, 1.165) is 18.0 Å². The van der Waals surface area contributed by atoms with Gasteiger partial charge in [-0.25, -0.2) is 0 Å². The molecular weight excluding hydrogens is 262 g/mol. The second-order valence-corrected chi connectivity index (χ2v) is 5.41. The SMILES string of the molecule is COc1ccc(-c2ccc(OC)cc2CNC2CC2)cc1. The lowest BCUT2D eigenvalue weighted by molar-refractivity contribution is 0.414. The second-order valence-electron chi connectivity index (χ2n) is 5.41. The van der Waals surface area contributed by atoms with Crippen molar-refractivity contribution in [1.29, 1.82) is 0 Å². The molecule has 0 saturated heterocycles. The van der Waals surface area contributed by atoms with Crippen LogP contribution < -0.4 is 14.8 Å². The lowest BCUT2D eigenvalue weighted by atomic mass is 9.99. The number of nitrogens with one attached hydrogen (secondary N) is 1. The van der Waals surface area contributed by atoms with Crippen molar-refractivity contribution in [2.45, 2.75) is 25.4 Å². The van der Waals surface area contributed by atoms with Crippen molar-refractivity contribution < 1.29 is 9.47 Å². The van der Waals surface area contributed by atoms with E-state index in [-0.39, 0.29) is 0 Å². The summed E-state index contributed by atoms with van der Waals surface area (Å²) in [5.74, 6) is 1.78. The molecule has 1 N–H and O–H groups in total. The molecule has 0 atom stereocenters. The molecule has 0 unspecified atom stereocenters. The maximum atomic E-state index is 5.36. The summed E-state index contributed by atoms with van der Waals surface area (Å²) >= 11 is 0. The third-order valence-electron chi connectivity index (χ3n) is 3.87. The molecule has 3 heteroatoms. The molecule has 0 aliphatic heterocycles. The van der Waals surface area contributed by atoms with Gasteiger partial charge in [-0.1, -0.05) is 18.2 Å². The predicted molar refractivity (Wildman–Crippen MR) is 84.8 cm³/mol. The Kier molecular flexibility index (Phi) is 4.11. The fourth-order valence-electron chi connectivity index (χ4n) is 2.44. The van der Waals surface area contributed by atoms with E-state index in [4.69, 9.17) is 9.47 Å². The molecule has 2 aromatic carbocycles. The zero-order valence-electron chi connectivity index (χ0n) is 12.6. The van der Waals surface area contributed by atoms with Crippen LogP contribution in [0.15, 0.2) is 42.5 Å². The Morgan fingerprint density at radius 3 is 2.24 bits per heavy atom. The van der Waals surface area contributed by atoms with E-state index in [1.807, 2.05) is 18.2 Å². The monoisotopic (exact) mass is 283 g/mol. The molecule has 1 saturated carbocycles. The van der Waals surface area contributed by atoms with Gasteiger partial charge in [-0.15, -0.1) is 0 Å². The van der Waals surface area contributed by atoms with Crippen molar-refractivity contribution in [3.63, 3.8) is 0 Å². The van der Waals surface area contributed by atoms with Crippen molar-refractivity contribution >= 4 is 0 Å².